The second kappa shape index (κ2) is 5.96. The summed E-state index contributed by atoms with van der Waals surface area (Å²) in [6.07, 6.45) is -0.995. The lowest BCUT2D eigenvalue weighted by Gasteiger charge is -2.19. The van der Waals surface area contributed by atoms with E-state index in [4.69, 9.17) is 14.2 Å². The summed E-state index contributed by atoms with van der Waals surface area (Å²) >= 11 is 3.05. The molecule has 0 spiro atoms. The van der Waals surface area contributed by atoms with E-state index in [9.17, 15) is 4.79 Å². The maximum absolute atomic E-state index is 12.0. The van der Waals surface area contributed by atoms with Gasteiger partial charge in [-0.25, -0.2) is 4.79 Å². The summed E-state index contributed by atoms with van der Waals surface area (Å²) in [5, 5.41) is 0. The topological polar surface area (TPSA) is 48.0 Å². The Balaban J connectivity index is 1.73. The van der Waals surface area contributed by atoms with Crippen molar-refractivity contribution in [1.29, 1.82) is 0 Å². The fourth-order valence-corrected chi connectivity index (χ4v) is 2.83. The van der Waals surface area contributed by atoms with E-state index >= 15 is 0 Å². The van der Waals surface area contributed by atoms with Gasteiger partial charge in [0.2, 0.25) is 0 Å². The molecule has 1 aromatic rings. The van der Waals surface area contributed by atoms with Gasteiger partial charge in [-0.05, 0) is 22.5 Å². The Bertz CT molecular complexity index is 592. The molecular formula is C15H14BrNO4. The van der Waals surface area contributed by atoms with Gasteiger partial charge in [-0.1, -0.05) is 18.1 Å². The number of methoxy groups -OCH3 is 1. The summed E-state index contributed by atoms with van der Waals surface area (Å²) in [6.45, 7) is 0.931. The molecule has 2 heterocycles. The second-order valence-corrected chi connectivity index (χ2v) is 5.28. The van der Waals surface area contributed by atoms with E-state index in [0.29, 0.717) is 13.2 Å². The van der Waals surface area contributed by atoms with Crippen molar-refractivity contribution in [3.05, 3.63) is 29.8 Å². The van der Waals surface area contributed by atoms with Crippen LogP contribution in [-0.4, -0.2) is 43.0 Å². The Morgan fingerprint density at radius 1 is 1.43 bits per heavy atom. The molecule has 5 nitrogen and oxygen atoms in total. The summed E-state index contributed by atoms with van der Waals surface area (Å²) in [4.78, 5) is 16.4. The lowest BCUT2D eigenvalue weighted by Crippen LogP contribution is -2.36. The van der Waals surface area contributed by atoms with Crippen LogP contribution in [0, 0.1) is 10.8 Å². The first-order valence-corrected chi connectivity index (χ1v) is 7.35. The summed E-state index contributed by atoms with van der Waals surface area (Å²) < 4.78 is 16.1. The molecule has 110 valence electrons. The molecule has 3 atom stereocenters. The van der Waals surface area contributed by atoms with Crippen LogP contribution in [0.1, 0.15) is 5.56 Å². The maximum Gasteiger partial charge on any atom is 0.411 e. The van der Waals surface area contributed by atoms with E-state index < -0.39 is 0 Å². The van der Waals surface area contributed by atoms with Crippen molar-refractivity contribution in [1.82, 2.24) is 4.90 Å². The zero-order chi connectivity index (χ0) is 14.8. The van der Waals surface area contributed by atoms with E-state index in [0.717, 1.165) is 11.3 Å². The predicted molar refractivity (Wildman–Crippen MR) is 79.0 cm³/mol. The van der Waals surface area contributed by atoms with Crippen LogP contribution in [0.15, 0.2) is 24.3 Å². The molecule has 6 heteroatoms. The van der Waals surface area contributed by atoms with Crippen LogP contribution in [0.25, 0.3) is 0 Å². The number of hydrogen-bond donors (Lipinski definition) is 0. The third kappa shape index (κ3) is 2.71. The van der Waals surface area contributed by atoms with Crippen molar-refractivity contribution in [3.63, 3.8) is 0 Å². The van der Waals surface area contributed by atoms with Crippen molar-refractivity contribution >= 4 is 22.0 Å². The highest BCUT2D eigenvalue weighted by Crippen LogP contribution is 2.31. The number of rotatable bonds is 3. The fourth-order valence-electron chi connectivity index (χ4n) is 2.61. The number of carbonyl (C=O) groups is 1. The number of ether oxygens (including phenoxy) is 3. The summed E-state index contributed by atoms with van der Waals surface area (Å²) in [5.41, 5.74) is 1.02. The normalized spacial score (nSPS) is 26.9. The van der Waals surface area contributed by atoms with Crippen molar-refractivity contribution in [2.45, 2.75) is 24.8 Å². The van der Waals surface area contributed by atoms with Crippen molar-refractivity contribution < 1.29 is 19.0 Å². The molecule has 0 aromatic heterocycles. The molecule has 0 saturated carbocycles. The average Bonchev–Trinajstić information content (AvgIpc) is 3.02. The van der Waals surface area contributed by atoms with Crippen LogP contribution in [0.3, 0.4) is 0 Å². The van der Waals surface area contributed by atoms with E-state index in [1.165, 1.54) is 0 Å². The summed E-state index contributed by atoms with van der Waals surface area (Å²) in [5.74, 6) is 3.65. The fraction of sp³-hybridized carbons (Fsp3) is 0.400. The number of nitrogens with zero attached hydrogens (tertiary/aromatic N) is 1. The second-order valence-electron chi connectivity index (χ2n) is 4.88. The maximum atomic E-state index is 12.0. The van der Waals surface area contributed by atoms with E-state index in [1.807, 2.05) is 24.3 Å². The number of benzene rings is 1. The minimum atomic E-state index is -0.362. The molecule has 2 aliphatic heterocycles. The Hall–Kier alpha value is -1.71. The van der Waals surface area contributed by atoms with Gasteiger partial charge in [-0.2, -0.15) is 0 Å². The highest BCUT2D eigenvalue weighted by atomic mass is 79.9. The molecule has 2 saturated heterocycles. The molecule has 3 rings (SSSR count). The lowest BCUT2D eigenvalue weighted by atomic mass is 10.1. The molecule has 2 fully saturated rings. The SMILES string of the molecule is COc1ccc(CN2C(=O)O[C@@H]3[C@H](C#CBr)OC[C@@H]32)cc1. The summed E-state index contributed by atoms with van der Waals surface area (Å²) in [7, 11) is 1.62. The van der Waals surface area contributed by atoms with Gasteiger partial charge in [-0.3, -0.25) is 4.90 Å². The minimum Gasteiger partial charge on any atom is -0.497 e. The number of carbonyl (C=O) groups excluding carboxylic acids is 1. The zero-order valence-electron chi connectivity index (χ0n) is 11.4. The Morgan fingerprint density at radius 3 is 2.86 bits per heavy atom. The van der Waals surface area contributed by atoms with Crippen molar-refractivity contribution in [2.24, 2.45) is 0 Å². The molecule has 0 radical (unpaired) electrons. The highest BCUT2D eigenvalue weighted by Gasteiger charge is 2.50. The Labute approximate surface area is 131 Å². The third-order valence-electron chi connectivity index (χ3n) is 3.70. The molecule has 0 unspecified atom stereocenters. The molecule has 21 heavy (non-hydrogen) atoms. The van der Waals surface area contributed by atoms with Gasteiger partial charge in [0.1, 0.15) is 5.75 Å². The van der Waals surface area contributed by atoms with Gasteiger partial charge in [0.05, 0.1) is 19.8 Å². The predicted octanol–water partition coefficient (Wildman–Crippen LogP) is 2.14. The first-order chi connectivity index (χ1) is 10.2. The lowest BCUT2D eigenvalue weighted by molar-refractivity contribution is 0.0583. The van der Waals surface area contributed by atoms with Crippen molar-refractivity contribution in [2.75, 3.05) is 13.7 Å². The van der Waals surface area contributed by atoms with Crippen LogP contribution in [0.5, 0.6) is 5.75 Å². The van der Waals surface area contributed by atoms with Crippen LogP contribution in [0.2, 0.25) is 0 Å². The molecule has 1 aromatic carbocycles. The standard InChI is InChI=1S/C15H14BrNO4/c1-19-11-4-2-10(3-5-11)8-17-12-9-20-13(6-7-16)14(12)21-15(17)18/h2-5,12-14H,8-9H2,1H3/t12-,13-,14-/m0/s1. The van der Waals surface area contributed by atoms with Gasteiger partial charge in [0.15, 0.2) is 12.2 Å². The number of fused-ring (bicyclic) bond motifs is 1. The van der Waals surface area contributed by atoms with E-state index in [1.54, 1.807) is 12.0 Å². The van der Waals surface area contributed by atoms with E-state index in [-0.39, 0.29) is 24.3 Å². The van der Waals surface area contributed by atoms with Gasteiger partial charge >= 0.3 is 6.09 Å². The summed E-state index contributed by atoms with van der Waals surface area (Å²) in [6, 6.07) is 7.53. The smallest absolute Gasteiger partial charge is 0.411 e. The zero-order valence-corrected chi connectivity index (χ0v) is 13.0. The monoisotopic (exact) mass is 351 g/mol. The first-order valence-electron chi connectivity index (χ1n) is 6.56. The van der Waals surface area contributed by atoms with Gasteiger partial charge in [-0.15, -0.1) is 0 Å². The largest absolute Gasteiger partial charge is 0.497 e. The molecule has 0 N–H and O–H groups in total. The van der Waals surface area contributed by atoms with Gasteiger partial charge in [0, 0.05) is 22.5 Å². The number of hydrogen-bond acceptors (Lipinski definition) is 4. The Kier molecular flexibility index (Phi) is 4.04. The van der Waals surface area contributed by atoms with Crippen LogP contribution in [0.4, 0.5) is 4.79 Å². The third-order valence-corrected chi connectivity index (χ3v) is 3.93. The Morgan fingerprint density at radius 2 is 2.19 bits per heavy atom. The van der Waals surface area contributed by atoms with Crippen LogP contribution < -0.4 is 4.74 Å². The van der Waals surface area contributed by atoms with Crippen molar-refractivity contribution in [3.8, 4) is 16.5 Å². The average molecular weight is 352 g/mol. The highest BCUT2D eigenvalue weighted by molar-refractivity contribution is 9.12. The molecule has 0 aliphatic carbocycles. The molecule has 2 aliphatic rings. The molecule has 1 amide bonds. The quantitative estimate of drug-likeness (QED) is 0.783. The molecule has 0 bridgehead atoms. The van der Waals surface area contributed by atoms with Gasteiger partial charge in [0.25, 0.3) is 0 Å². The minimum absolute atomic E-state index is 0.0852. The number of amides is 1. The first kappa shape index (κ1) is 14.2. The number of halogens is 1. The van der Waals surface area contributed by atoms with Crippen LogP contribution >= 0.6 is 15.9 Å². The van der Waals surface area contributed by atoms with E-state index in [2.05, 4.69) is 26.7 Å². The van der Waals surface area contributed by atoms with Crippen LogP contribution in [-0.2, 0) is 16.0 Å². The molecular weight excluding hydrogens is 338 g/mol. The van der Waals surface area contributed by atoms with Gasteiger partial charge < -0.3 is 14.2 Å².